The molecule has 78 valence electrons. The predicted octanol–water partition coefficient (Wildman–Crippen LogP) is 1.96. The largest absolute Gasteiger partial charge is 0.390 e. The van der Waals surface area contributed by atoms with Gasteiger partial charge in [-0.15, -0.1) is 0 Å². The minimum atomic E-state index is 0.0761. The van der Waals surface area contributed by atoms with Crippen molar-refractivity contribution >= 4 is 0 Å². The van der Waals surface area contributed by atoms with E-state index in [-0.39, 0.29) is 6.61 Å². The molecule has 0 saturated heterocycles. The Hall–Kier alpha value is -0.830. The van der Waals surface area contributed by atoms with Gasteiger partial charge in [-0.05, 0) is 24.3 Å². The quantitative estimate of drug-likeness (QED) is 0.781. The molecule has 1 fully saturated rings. The highest BCUT2D eigenvalue weighted by Crippen LogP contribution is 2.33. The second-order valence-electron chi connectivity index (χ2n) is 4.20. The molecule has 0 amide bonds. The van der Waals surface area contributed by atoms with Crippen LogP contribution in [0, 0.1) is 0 Å². The van der Waals surface area contributed by atoms with Crippen LogP contribution in [-0.4, -0.2) is 14.9 Å². The Morgan fingerprint density at radius 1 is 1.43 bits per heavy atom. The van der Waals surface area contributed by atoms with Crippen molar-refractivity contribution in [3.8, 4) is 0 Å². The summed E-state index contributed by atoms with van der Waals surface area (Å²) in [6.07, 6.45) is 8.61. The summed E-state index contributed by atoms with van der Waals surface area (Å²) in [6, 6.07) is 0. The van der Waals surface area contributed by atoms with Gasteiger partial charge in [-0.1, -0.05) is 19.3 Å². The molecule has 1 N–H and O–H groups in total. The Morgan fingerprint density at radius 2 is 2.14 bits per heavy atom. The first kappa shape index (κ1) is 9.71. The molecule has 14 heavy (non-hydrogen) atoms. The number of rotatable bonds is 2. The smallest absolute Gasteiger partial charge is 0.0913 e. The Labute approximate surface area is 84.7 Å². The van der Waals surface area contributed by atoms with Gasteiger partial charge in [0.15, 0.2) is 0 Å². The van der Waals surface area contributed by atoms with E-state index in [0.29, 0.717) is 5.92 Å². The van der Waals surface area contributed by atoms with Crippen LogP contribution in [0.5, 0.6) is 0 Å². The van der Waals surface area contributed by atoms with Gasteiger partial charge in [0.1, 0.15) is 0 Å². The number of aliphatic hydroxyl groups excluding tert-OH is 1. The van der Waals surface area contributed by atoms with Gasteiger partial charge >= 0.3 is 0 Å². The summed E-state index contributed by atoms with van der Waals surface area (Å²) in [6.45, 7) is 0.0761. The van der Waals surface area contributed by atoms with Crippen LogP contribution in [0.3, 0.4) is 0 Å². The fraction of sp³-hybridized carbons (Fsp3) is 0.727. The van der Waals surface area contributed by atoms with E-state index in [0.717, 1.165) is 5.69 Å². The lowest BCUT2D eigenvalue weighted by atomic mass is 9.84. The first-order chi connectivity index (χ1) is 6.81. The van der Waals surface area contributed by atoms with Gasteiger partial charge < -0.3 is 5.11 Å². The lowest BCUT2D eigenvalue weighted by Crippen LogP contribution is -2.06. The maximum atomic E-state index is 9.19. The van der Waals surface area contributed by atoms with Crippen LogP contribution >= 0.6 is 0 Å². The summed E-state index contributed by atoms with van der Waals surface area (Å²) in [5, 5.41) is 13.5. The van der Waals surface area contributed by atoms with Gasteiger partial charge in [-0.3, -0.25) is 4.68 Å². The van der Waals surface area contributed by atoms with Crippen molar-refractivity contribution < 1.29 is 5.11 Å². The second-order valence-corrected chi connectivity index (χ2v) is 4.20. The van der Waals surface area contributed by atoms with Crippen LogP contribution in [-0.2, 0) is 13.7 Å². The number of nitrogens with zero attached hydrogens (tertiary/aromatic N) is 2. The Morgan fingerprint density at radius 3 is 2.79 bits per heavy atom. The number of hydrogen-bond acceptors (Lipinski definition) is 2. The maximum Gasteiger partial charge on any atom is 0.0913 e. The van der Waals surface area contributed by atoms with E-state index >= 15 is 0 Å². The molecule has 1 aliphatic carbocycles. The summed E-state index contributed by atoms with van der Waals surface area (Å²) in [5.41, 5.74) is 2.15. The van der Waals surface area contributed by atoms with Crippen molar-refractivity contribution in [3.05, 3.63) is 17.5 Å². The third-order valence-electron chi connectivity index (χ3n) is 3.13. The fourth-order valence-electron chi connectivity index (χ4n) is 2.43. The molecule has 3 heteroatoms. The first-order valence-electron chi connectivity index (χ1n) is 5.44. The van der Waals surface area contributed by atoms with Gasteiger partial charge in [-0.25, -0.2) is 0 Å². The Kier molecular flexibility index (Phi) is 2.87. The molecule has 3 nitrogen and oxygen atoms in total. The highest BCUT2D eigenvalue weighted by molar-refractivity contribution is 5.21. The summed E-state index contributed by atoms with van der Waals surface area (Å²) < 4.78 is 1.81. The minimum Gasteiger partial charge on any atom is -0.390 e. The molecule has 0 radical (unpaired) electrons. The van der Waals surface area contributed by atoms with Crippen molar-refractivity contribution in [1.82, 2.24) is 9.78 Å². The molecular formula is C11H18N2O. The van der Waals surface area contributed by atoms with Crippen molar-refractivity contribution in [3.63, 3.8) is 0 Å². The number of aliphatic hydroxyl groups is 1. The van der Waals surface area contributed by atoms with Crippen molar-refractivity contribution in [2.75, 3.05) is 0 Å². The fourth-order valence-corrected chi connectivity index (χ4v) is 2.43. The van der Waals surface area contributed by atoms with Crippen molar-refractivity contribution in [2.24, 2.45) is 7.05 Å². The maximum absolute atomic E-state index is 9.19. The lowest BCUT2D eigenvalue weighted by molar-refractivity contribution is 0.272. The molecule has 0 aromatic carbocycles. The minimum absolute atomic E-state index is 0.0761. The predicted molar refractivity (Wildman–Crippen MR) is 55.0 cm³/mol. The molecule has 0 spiro atoms. The van der Waals surface area contributed by atoms with Gasteiger partial charge in [0.2, 0.25) is 0 Å². The van der Waals surface area contributed by atoms with E-state index in [1.807, 2.05) is 11.7 Å². The number of hydrogen-bond donors (Lipinski definition) is 1. The average Bonchev–Trinajstić information content (AvgIpc) is 2.61. The van der Waals surface area contributed by atoms with E-state index in [1.54, 1.807) is 0 Å². The van der Waals surface area contributed by atoms with Gasteiger partial charge in [0, 0.05) is 13.2 Å². The zero-order valence-electron chi connectivity index (χ0n) is 8.74. The summed E-state index contributed by atoms with van der Waals surface area (Å²) >= 11 is 0. The monoisotopic (exact) mass is 194 g/mol. The van der Waals surface area contributed by atoms with E-state index in [9.17, 15) is 5.11 Å². The molecule has 0 bridgehead atoms. The zero-order chi connectivity index (χ0) is 9.97. The van der Waals surface area contributed by atoms with Crippen LogP contribution in [0.2, 0.25) is 0 Å². The van der Waals surface area contributed by atoms with Crippen molar-refractivity contribution in [1.29, 1.82) is 0 Å². The second kappa shape index (κ2) is 4.13. The van der Waals surface area contributed by atoms with E-state index < -0.39 is 0 Å². The summed E-state index contributed by atoms with van der Waals surface area (Å²) in [7, 11) is 1.92. The van der Waals surface area contributed by atoms with Gasteiger partial charge in [0.05, 0.1) is 12.3 Å². The molecule has 1 aliphatic rings. The molecule has 1 aromatic heterocycles. The van der Waals surface area contributed by atoms with E-state index in [4.69, 9.17) is 0 Å². The highest BCUT2D eigenvalue weighted by atomic mass is 16.3. The van der Waals surface area contributed by atoms with Crippen LogP contribution in [0.25, 0.3) is 0 Å². The molecule has 0 unspecified atom stereocenters. The third-order valence-corrected chi connectivity index (χ3v) is 3.13. The normalized spacial score (nSPS) is 18.7. The van der Waals surface area contributed by atoms with E-state index in [2.05, 4.69) is 11.3 Å². The van der Waals surface area contributed by atoms with Crippen molar-refractivity contribution in [2.45, 2.75) is 44.6 Å². The number of aromatic nitrogens is 2. The molecule has 0 atom stereocenters. The van der Waals surface area contributed by atoms with Gasteiger partial charge in [-0.2, -0.15) is 5.10 Å². The molecule has 1 heterocycles. The van der Waals surface area contributed by atoms with Crippen LogP contribution in [0.15, 0.2) is 6.20 Å². The molecule has 2 rings (SSSR count). The summed E-state index contributed by atoms with van der Waals surface area (Å²) in [4.78, 5) is 0. The van der Waals surface area contributed by atoms with Crippen LogP contribution < -0.4 is 0 Å². The van der Waals surface area contributed by atoms with E-state index in [1.165, 1.54) is 37.7 Å². The molecular weight excluding hydrogens is 176 g/mol. The highest BCUT2D eigenvalue weighted by Gasteiger charge is 2.20. The molecule has 0 aliphatic heterocycles. The lowest BCUT2D eigenvalue weighted by Gasteiger charge is -2.21. The first-order valence-corrected chi connectivity index (χ1v) is 5.44. The molecule has 1 aromatic rings. The summed E-state index contributed by atoms with van der Waals surface area (Å²) in [5.74, 6) is 0.639. The Balaban J connectivity index is 2.20. The molecule has 1 saturated carbocycles. The topological polar surface area (TPSA) is 38.0 Å². The SMILES string of the molecule is Cn1cc(C2CCCCC2)c(CO)n1. The van der Waals surface area contributed by atoms with Gasteiger partial charge in [0.25, 0.3) is 0 Å². The standard InChI is InChI=1S/C11H18N2O/c1-13-7-10(11(8-14)12-13)9-5-3-2-4-6-9/h7,9,14H,2-6,8H2,1H3. The van der Waals surface area contributed by atoms with Crippen LogP contribution in [0.4, 0.5) is 0 Å². The third kappa shape index (κ3) is 1.82. The number of aryl methyl sites for hydroxylation is 1. The Bertz CT molecular complexity index is 300. The van der Waals surface area contributed by atoms with Crippen LogP contribution in [0.1, 0.15) is 49.3 Å². The average molecular weight is 194 g/mol. The zero-order valence-corrected chi connectivity index (χ0v) is 8.74.